The van der Waals surface area contributed by atoms with Gasteiger partial charge in [0.25, 0.3) is 0 Å². The van der Waals surface area contributed by atoms with Crippen molar-refractivity contribution in [1.82, 2.24) is 15.0 Å². The maximum absolute atomic E-state index is 5.56. The molecule has 1 N–H and O–H groups in total. The summed E-state index contributed by atoms with van der Waals surface area (Å²) in [6.07, 6.45) is 4.58. The molecule has 0 radical (unpaired) electrons. The normalized spacial score (nSPS) is 15.4. The van der Waals surface area contributed by atoms with Gasteiger partial charge < -0.3 is 19.1 Å². The zero-order valence-corrected chi connectivity index (χ0v) is 19.0. The van der Waals surface area contributed by atoms with Gasteiger partial charge in [-0.3, -0.25) is 0 Å². The molecule has 1 saturated heterocycles. The van der Waals surface area contributed by atoms with Gasteiger partial charge in [0.15, 0.2) is 5.58 Å². The third kappa shape index (κ3) is 4.30. The molecule has 0 aliphatic carbocycles. The standard InChI is InChI=1S/C25H29N3O2.ClH/c1-17-20(21-6-3-4-8-23(21)26-17)7-5-13-28-14-11-18(12-15-28)25-22-16-19(29-2)9-10-24(22)30-27-25;/h3-4,6,8-10,16,18,26H,5,7,11-15H2,1-2H3;1H. The number of fused-ring (bicyclic) bond motifs is 2. The molecular weight excluding hydrogens is 410 g/mol. The number of nitrogens with one attached hydrogen (secondary N) is 1. The lowest BCUT2D eigenvalue weighted by Crippen LogP contribution is -2.34. The smallest absolute Gasteiger partial charge is 0.167 e. The van der Waals surface area contributed by atoms with Crippen molar-refractivity contribution in [2.24, 2.45) is 0 Å². The van der Waals surface area contributed by atoms with Crippen molar-refractivity contribution in [3.8, 4) is 5.75 Å². The Labute approximate surface area is 189 Å². The van der Waals surface area contributed by atoms with Crippen molar-refractivity contribution in [2.75, 3.05) is 26.7 Å². The van der Waals surface area contributed by atoms with E-state index >= 15 is 0 Å². The Hall–Kier alpha value is -2.50. The third-order valence-electron chi connectivity index (χ3n) is 6.61. The summed E-state index contributed by atoms with van der Waals surface area (Å²) in [7, 11) is 1.70. The van der Waals surface area contributed by atoms with Gasteiger partial charge in [-0.1, -0.05) is 23.4 Å². The van der Waals surface area contributed by atoms with Crippen LogP contribution in [0.15, 0.2) is 47.0 Å². The zero-order chi connectivity index (χ0) is 20.5. The Morgan fingerprint density at radius 1 is 1.13 bits per heavy atom. The maximum Gasteiger partial charge on any atom is 0.167 e. The highest BCUT2D eigenvalue weighted by Gasteiger charge is 2.25. The van der Waals surface area contributed by atoms with E-state index in [4.69, 9.17) is 9.26 Å². The van der Waals surface area contributed by atoms with E-state index in [0.29, 0.717) is 5.92 Å². The molecule has 0 bridgehead atoms. The van der Waals surface area contributed by atoms with Gasteiger partial charge in [-0.2, -0.15) is 0 Å². The Bertz CT molecular complexity index is 1160. The number of benzene rings is 2. The van der Waals surface area contributed by atoms with Gasteiger partial charge in [0.2, 0.25) is 0 Å². The average molecular weight is 440 g/mol. The number of likely N-dealkylation sites (tertiary alicyclic amines) is 1. The molecule has 4 aromatic rings. The lowest BCUT2D eigenvalue weighted by atomic mass is 9.91. The Kier molecular flexibility index (Phi) is 6.54. The monoisotopic (exact) mass is 439 g/mol. The first-order valence-corrected chi connectivity index (χ1v) is 10.9. The summed E-state index contributed by atoms with van der Waals surface area (Å²) in [6, 6.07) is 14.6. The van der Waals surface area contributed by atoms with Crippen LogP contribution in [0, 0.1) is 6.92 Å². The molecule has 0 unspecified atom stereocenters. The second-order valence-electron chi connectivity index (χ2n) is 8.42. The number of rotatable bonds is 6. The number of para-hydroxylation sites is 1. The van der Waals surface area contributed by atoms with E-state index in [1.165, 1.54) is 28.6 Å². The molecule has 6 heteroatoms. The molecule has 0 amide bonds. The van der Waals surface area contributed by atoms with Crippen molar-refractivity contribution < 1.29 is 9.26 Å². The highest BCUT2D eigenvalue weighted by molar-refractivity contribution is 5.85. The van der Waals surface area contributed by atoms with Gasteiger partial charge >= 0.3 is 0 Å². The number of hydrogen-bond acceptors (Lipinski definition) is 4. The molecule has 31 heavy (non-hydrogen) atoms. The van der Waals surface area contributed by atoms with Crippen LogP contribution in [0.1, 0.15) is 42.1 Å². The lowest BCUT2D eigenvalue weighted by molar-refractivity contribution is 0.207. The predicted octanol–water partition coefficient (Wildman–Crippen LogP) is 5.86. The van der Waals surface area contributed by atoms with Gasteiger partial charge in [0.1, 0.15) is 5.75 Å². The maximum atomic E-state index is 5.56. The zero-order valence-electron chi connectivity index (χ0n) is 18.2. The molecule has 2 aromatic heterocycles. The van der Waals surface area contributed by atoms with Gasteiger partial charge in [0, 0.05) is 27.9 Å². The summed E-state index contributed by atoms with van der Waals surface area (Å²) in [5.41, 5.74) is 5.98. The largest absolute Gasteiger partial charge is 0.497 e. The van der Waals surface area contributed by atoms with Crippen LogP contribution in [0.25, 0.3) is 21.9 Å². The average Bonchev–Trinajstić information content (AvgIpc) is 3.34. The van der Waals surface area contributed by atoms with E-state index in [9.17, 15) is 0 Å². The third-order valence-corrected chi connectivity index (χ3v) is 6.61. The molecule has 1 aliphatic heterocycles. The molecule has 1 fully saturated rings. The van der Waals surface area contributed by atoms with Crippen molar-refractivity contribution in [3.05, 3.63) is 59.4 Å². The summed E-state index contributed by atoms with van der Waals surface area (Å²) < 4.78 is 10.9. The molecule has 0 spiro atoms. The quantitative estimate of drug-likeness (QED) is 0.408. The summed E-state index contributed by atoms with van der Waals surface area (Å²) in [5, 5.41) is 6.88. The molecule has 1 aliphatic rings. The first kappa shape index (κ1) is 21.7. The second-order valence-corrected chi connectivity index (χ2v) is 8.42. The highest BCUT2D eigenvalue weighted by atomic mass is 35.5. The minimum absolute atomic E-state index is 0. The number of aryl methyl sites for hydroxylation is 2. The first-order valence-electron chi connectivity index (χ1n) is 10.9. The van der Waals surface area contributed by atoms with E-state index in [0.717, 1.165) is 61.3 Å². The van der Waals surface area contributed by atoms with Crippen LogP contribution in [-0.2, 0) is 6.42 Å². The molecular formula is C25H30ClN3O2. The fraction of sp³-hybridized carbons (Fsp3) is 0.400. The predicted molar refractivity (Wildman–Crippen MR) is 128 cm³/mol. The van der Waals surface area contributed by atoms with Crippen LogP contribution in [0.4, 0.5) is 0 Å². The number of ether oxygens (including phenoxy) is 1. The molecule has 5 rings (SSSR count). The van der Waals surface area contributed by atoms with Crippen molar-refractivity contribution >= 4 is 34.3 Å². The molecule has 2 aromatic carbocycles. The number of hydrogen-bond donors (Lipinski definition) is 1. The minimum Gasteiger partial charge on any atom is -0.497 e. The van der Waals surface area contributed by atoms with Crippen LogP contribution in [0.5, 0.6) is 5.75 Å². The Morgan fingerprint density at radius 2 is 1.94 bits per heavy atom. The number of aromatic amines is 1. The Morgan fingerprint density at radius 3 is 2.74 bits per heavy atom. The topological polar surface area (TPSA) is 54.3 Å². The van der Waals surface area contributed by atoms with E-state index in [1.54, 1.807) is 7.11 Å². The van der Waals surface area contributed by atoms with E-state index in [1.807, 2.05) is 12.1 Å². The Balaban J connectivity index is 0.00000231. The number of nitrogens with zero attached hydrogens (tertiary/aromatic N) is 2. The van der Waals surface area contributed by atoms with Crippen LogP contribution >= 0.6 is 12.4 Å². The summed E-state index contributed by atoms with van der Waals surface area (Å²) in [5.74, 6) is 1.32. The van der Waals surface area contributed by atoms with Crippen LogP contribution in [0.2, 0.25) is 0 Å². The second kappa shape index (κ2) is 9.33. The van der Waals surface area contributed by atoms with Gasteiger partial charge in [-0.25, -0.2) is 0 Å². The summed E-state index contributed by atoms with van der Waals surface area (Å²) in [6.45, 7) is 5.59. The van der Waals surface area contributed by atoms with Crippen molar-refractivity contribution in [3.63, 3.8) is 0 Å². The fourth-order valence-corrected chi connectivity index (χ4v) is 4.92. The molecule has 0 saturated carbocycles. The van der Waals surface area contributed by atoms with Crippen LogP contribution in [-0.4, -0.2) is 41.8 Å². The first-order chi connectivity index (χ1) is 14.7. The molecule has 5 nitrogen and oxygen atoms in total. The summed E-state index contributed by atoms with van der Waals surface area (Å²) in [4.78, 5) is 6.12. The number of halogens is 1. The minimum atomic E-state index is 0. The van der Waals surface area contributed by atoms with Crippen LogP contribution in [0.3, 0.4) is 0 Å². The van der Waals surface area contributed by atoms with Gasteiger partial charge in [-0.15, -0.1) is 12.4 Å². The van der Waals surface area contributed by atoms with Gasteiger partial charge in [-0.05, 0) is 82.1 Å². The highest BCUT2D eigenvalue weighted by Crippen LogP contribution is 2.34. The molecule has 164 valence electrons. The number of H-pyrrole nitrogens is 1. The lowest BCUT2D eigenvalue weighted by Gasteiger charge is -2.31. The number of aromatic nitrogens is 2. The van der Waals surface area contributed by atoms with Crippen molar-refractivity contribution in [1.29, 1.82) is 0 Å². The molecule has 3 heterocycles. The van der Waals surface area contributed by atoms with Crippen LogP contribution < -0.4 is 4.74 Å². The SMILES string of the molecule is COc1ccc2onc(C3CCN(CCCc4c(C)[nH]c5ccccc45)CC3)c2c1.Cl. The van der Waals surface area contributed by atoms with E-state index < -0.39 is 0 Å². The van der Waals surface area contributed by atoms with Gasteiger partial charge in [0.05, 0.1) is 12.8 Å². The number of piperidine rings is 1. The molecule has 0 atom stereocenters. The fourth-order valence-electron chi connectivity index (χ4n) is 4.92. The van der Waals surface area contributed by atoms with E-state index in [-0.39, 0.29) is 12.4 Å². The van der Waals surface area contributed by atoms with E-state index in [2.05, 4.69) is 52.3 Å². The summed E-state index contributed by atoms with van der Waals surface area (Å²) >= 11 is 0. The van der Waals surface area contributed by atoms with Crippen molar-refractivity contribution in [2.45, 2.75) is 38.5 Å². The number of methoxy groups -OCH3 is 1.